The summed E-state index contributed by atoms with van der Waals surface area (Å²) in [5.41, 5.74) is 4.92. The molecule has 3 N–H and O–H groups in total. The zero-order chi connectivity index (χ0) is 24.7. The largest absolute Gasteiger partial charge is 0.463 e. The Morgan fingerprint density at radius 1 is 1.35 bits per heavy atom. The number of halogens is 2. The van der Waals surface area contributed by atoms with Crippen molar-refractivity contribution in [2.45, 2.75) is 30.1 Å². The van der Waals surface area contributed by atoms with Crippen LogP contribution >= 0.6 is 11.8 Å². The summed E-state index contributed by atoms with van der Waals surface area (Å²) in [5.74, 6) is -0.848. The van der Waals surface area contributed by atoms with Gasteiger partial charge in [-0.15, -0.1) is 6.42 Å². The molecule has 34 heavy (non-hydrogen) atoms. The molecule has 176 valence electrons. The minimum absolute atomic E-state index is 0.00602. The van der Waals surface area contributed by atoms with E-state index >= 15 is 4.39 Å². The van der Waals surface area contributed by atoms with Crippen LogP contribution in [0.4, 0.5) is 8.78 Å². The van der Waals surface area contributed by atoms with Gasteiger partial charge >= 0.3 is 0 Å². The predicted molar refractivity (Wildman–Crippen MR) is 122 cm³/mol. The zero-order valence-corrected chi connectivity index (χ0v) is 19.2. The number of carbonyl (C=O) groups excluding carboxylic acids is 2. The Morgan fingerprint density at radius 3 is 2.76 bits per heavy atom. The van der Waals surface area contributed by atoms with Gasteiger partial charge < -0.3 is 15.8 Å². The van der Waals surface area contributed by atoms with E-state index in [1.165, 1.54) is 25.5 Å². The molecule has 0 bridgehead atoms. The minimum Gasteiger partial charge on any atom is -0.463 e. The van der Waals surface area contributed by atoms with Crippen LogP contribution in [0.3, 0.4) is 0 Å². The van der Waals surface area contributed by atoms with Crippen LogP contribution in [0.15, 0.2) is 29.5 Å². The van der Waals surface area contributed by atoms with Gasteiger partial charge in [0.2, 0.25) is 11.8 Å². The van der Waals surface area contributed by atoms with E-state index in [-0.39, 0.29) is 46.8 Å². The van der Waals surface area contributed by atoms with Crippen molar-refractivity contribution in [2.24, 2.45) is 16.6 Å². The van der Waals surface area contributed by atoms with E-state index in [0.29, 0.717) is 6.42 Å². The molecule has 1 aromatic heterocycles. The maximum absolute atomic E-state index is 15.0. The molecule has 0 saturated heterocycles. The molecule has 1 fully saturated rings. The van der Waals surface area contributed by atoms with Crippen LogP contribution < -0.4 is 15.8 Å². The zero-order valence-electron chi connectivity index (χ0n) is 18.4. The Bertz CT molecular complexity index is 1250. The second-order valence-electron chi connectivity index (χ2n) is 8.20. The summed E-state index contributed by atoms with van der Waals surface area (Å²) in [6, 6.07) is 2.36. The fourth-order valence-corrected chi connectivity index (χ4v) is 5.75. The molecule has 1 saturated carbocycles. The monoisotopic (exact) mass is 485 g/mol. The summed E-state index contributed by atoms with van der Waals surface area (Å²) in [6.07, 6.45) is 7.75. The molecule has 3 atom stereocenters. The third-order valence-electron chi connectivity index (χ3n) is 6.04. The lowest BCUT2D eigenvalue weighted by Crippen LogP contribution is -2.43. The average molecular weight is 486 g/mol. The number of hydrogen-bond donors (Lipinski definition) is 2. The first-order valence-electron chi connectivity index (χ1n) is 10.3. The van der Waals surface area contributed by atoms with Crippen LogP contribution in [0.1, 0.15) is 35.0 Å². The molecule has 2 aromatic rings. The molecule has 1 aliphatic carbocycles. The van der Waals surface area contributed by atoms with Gasteiger partial charge in [-0.05, 0) is 31.0 Å². The van der Waals surface area contributed by atoms with Crippen molar-refractivity contribution in [3.05, 3.63) is 53.0 Å². The topological polar surface area (TPSA) is 120 Å². The Hall–Kier alpha value is -3.52. The molecule has 4 rings (SSSR count). The number of nitrogens with two attached hydrogens (primary N) is 1. The number of rotatable bonds is 7. The van der Waals surface area contributed by atoms with Gasteiger partial charge in [0.15, 0.2) is 29.2 Å². The van der Waals surface area contributed by atoms with Crippen molar-refractivity contribution >= 4 is 28.6 Å². The Balaban J connectivity index is 1.63. The highest BCUT2D eigenvalue weighted by Crippen LogP contribution is 2.66. The number of ketones is 1. The molecule has 2 heterocycles. The third kappa shape index (κ3) is 3.98. The second-order valence-corrected chi connectivity index (χ2v) is 9.55. The SMILES string of the molecule is C#CCOc1cnc(C(=O)Cc2cc(F)c(F)c([C@@]3(C)N=C(N)S[C@@]4(C(=O)NC)C[C@H]43)c2)cn1. The molecule has 0 unspecified atom stereocenters. The van der Waals surface area contributed by atoms with Crippen molar-refractivity contribution < 1.29 is 23.1 Å². The van der Waals surface area contributed by atoms with Gasteiger partial charge in [0.25, 0.3) is 0 Å². The quantitative estimate of drug-likeness (QED) is 0.455. The summed E-state index contributed by atoms with van der Waals surface area (Å²) >= 11 is 1.13. The summed E-state index contributed by atoms with van der Waals surface area (Å²) in [7, 11) is 1.51. The van der Waals surface area contributed by atoms with Gasteiger partial charge in [0, 0.05) is 24.9 Å². The van der Waals surface area contributed by atoms with E-state index in [4.69, 9.17) is 16.9 Å². The standard InChI is InChI=1S/C23H21F2N5O3S/c1-4-5-33-18-11-28-15(10-29-18)16(31)8-12-6-13(19(25)14(24)7-12)22(2)17-9-23(17,20(32)27-3)34-21(26)30-22/h1,6-7,10-11,17H,5,8-9H2,2-3H3,(H2,26,30)(H,27,32)/t17-,22+,23-/m0/s1. The van der Waals surface area contributed by atoms with Gasteiger partial charge in [-0.25, -0.2) is 18.7 Å². The smallest absolute Gasteiger partial charge is 0.236 e. The maximum Gasteiger partial charge on any atom is 0.236 e. The first-order chi connectivity index (χ1) is 16.1. The van der Waals surface area contributed by atoms with Crippen LogP contribution in [0.25, 0.3) is 0 Å². The Morgan fingerprint density at radius 2 is 2.12 bits per heavy atom. The summed E-state index contributed by atoms with van der Waals surface area (Å²) in [5, 5.41) is 2.72. The molecule has 0 radical (unpaired) electrons. The average Bonchev–Trinajstić information content (AvgIpc) is 3.56. The van der Waals surface area contributed by atoms with Crippen molar-refractivity contribution in [1.29, 1.82) is 0 Å². The maximum atomic E-state index is 15.0. The van der Waals surface area contributed by atoms with Gasteiger partial charge in [-0.3, -0.25) is 14.6 Å². The number of benzene rings is 1. The van der Waals surface area contributed by atoms with Gasteiger partial charge in [0.05, 0.1) is 17.9 Å². The van der Waals surface area contributed by atoms with Crippen LogP contribution in [-0.2, 0) is 16.8 Å². The van der Waals surface area contributed by atoms with Crippen molar-refractivity contribution in [3.8, 4) is 18.2 Å². The summed E-state index contributed by atoms with van der Waals surface area (Å²) < 4.78 is 33.9. The number of terminal acetylenes is 1. The number of aromatic nitrogens is 2. The number of fused-ring (bicyclic) bond motifs is 1. The number of nitrogens with zero attached hydrogens (tertiary/aromatic N) is 3. The number of nitrogens with one attached hydrogen (secondary N) is 1. The van der Waals surface area contributed by atoms with Gasteiger partial charge in [-0.1, -0.05) is 17.7 Å². The lowest BCUT2D eigenvalue weighted by Gasteiger charge is -2.33. The van der Waals surface area contributed by atoms with Gasteiger partial charge in [-0.2, -0.15) is 0 Å². The molecule has 2 aliphatic rings. The minimum atomic E-state index is -1.28. The molecule has 1 amide bonds. The number of amidine groups is 1. The molecule has 0 spiro atoms. The number of ether oxygens (including phenoxy) is 1. The number of carbonyl (C=O) groups is 2. The highest BCUT2D eigenvalue weighted by molar-refractivity contribution is 8.15. The highest BCUT2D eigenvalue weighted by Gasteiger charge is 2.70. The molecular formula is C23H21F2N5O3S. The van der Waals surface area contributed by atoms with Crippen LogP contribution in [0.2, 0.25) is 0 Å². The van der Waals surface area contributed by atoms with Crippen molar-refractivity contribution in [2.75, 3.05) is 13.7 Å². The van der Waals surface area contributed by atoms with Crippen LogP contribution in [0.5, 0.6) is 5.88 Å². The molecular weight excluding hydrogens is 464 g/mol. The normalized spacial score (nSPS) is 24.9. The third-order valence-corrected chi connectivity index (χ3v) is 7.35. The van der Waals surface area contributed by atoms with E-state index in [9.17, 15) is 14.0 Å². The number of thioether (sulfide) groups is 1. The number of hydrogen-bond acceptors (Lipinski definition) is 8. The van der Waals surface area contributed by atoms with Crippen molar-refractivity contribution in [3.63, 3.8) is 0 Å². The predicted octanol–water partition coefficient (Wildman–Crippen LogP) is 1.97. The van der Waals surface area contributed by atoms with Crippen LogP contribution in [-0.4, -0.2) is 45.2 Å². The molecule has 11 heteroatoms. The van der Waals surface area contributed by atoms with E-state index in [2.05, 4.69) is 26.2 Å². The highest BCUT2D eigenvalue weighted by atomic mass is 32.2. The first kappa shape index (κ1) is 23.6. The van der Waals surface area contributed by atoms with Crippen molar-refractivity contribution in [1.82, 2.24) is 15.3 Å². The van der Waals surface area contributed by atoms with E-state index in [1.54, 1.807) is 6.92 Å². The number of aliphatic imine (C=N–C) groups is 1. The van der Waals surface area contributed by atoms with E-state index in [1.807, 2.05) is 0 Å². The van der Waals surface area contributed by atoms with E-state index < -0.39 is 33.6 Å². The lowest BCUT2D eigenvalue weighted by atomic mass is 9.84. The van der Waals surface area contributed by atoms with Crippen LogP contribution in [0, 0.1) is 29.9 Å². The number of Topliss-reactive ketones (excluding diaryl/α,β-unsaturated/α-hetero) is 1. The van der Waals surface area contributed by atoms with E-state index in [0.717, 1.165) is 17.8 Å². The Labute approximate surface area is 198 Å². The first-order valence-corrected chi connectivity index (χ1v) is 11.1. The number of amides is 1. The lowest BCUT2D eigenvalue weighted by molar-refractivity contribution is -0.121. The molecule has 1 aliphatic heterocycles. The fourth-order valence-electron chi connectivity index (χ4n) is 4.32. The fraction of sp³-hybridized carbons (Fsp3) is 0.348. The van der Waals surface area contributed by atoms with Gasteiger partial charge in [0.1, 0.15) is 10.4 Å². The summed E-state index contributed by atoms with van der Waals surface area (Å²) in [6.45, 7) is 1.63. The molecule has 8 nitrogen and oxygen atoms in total. The summed E-state index contributed by atoms with van der Waals surface area (Å²) in [4.78, 5) is 37.6. The molecule has 1 aromatic carbocycles. The Kier molecular flexibility index (Phi) is 6.03. The second kappa shape index (κ2) is 8.68.